The van der Waals surface area contributed by atoms with Gasteiger partial charge in [0.1, 0.15) is 17.5 Å². The quantitative estimate of drug-likeness (QED) is 0.204. The van der Waals surface area contributed by atoms with E-state index in [1.165, 1.54) is 0 Å². The van der Waals surface area contributed by atoms with Gasteiger partial charge in [-0.25, -0.2) is 13.1 Å². The number of amides is 1. The second-order valence-corrected chi connectivity index (χ2v) is 9.69. The highest BCUT2D eigenvalue weighted by atomic mass is 32.2. The van der Waals surface area contributed by atoms with E-state index in [0.717, 1.165) is 0 Å². The maximum absolute atomic E-state index is 12.6. The van der Waals surface area contributed by atoms with Crippen molar-refractivity contribution in [3.8, 4) is 0 Å². The first-order chi connectivity index (χ1) is 16.1. The van der Waals surface area contributed by atoms with Crippen LogP contribution in [0.3, 0.4) is 0 Å². The molecule has 1 atom stereocenters. The number of fused-ring (bicyclic) bond motifs is 1. The summed E-state index contributed by atoms with van der Waals surface area (Å²) in [6.07, 6.45) is 1.08. The van der Waals surface area contributed by atoms with Crippen LogP contribution in [-0.2, 0) is 21.2 Å². The number of anilines is 1. The standard InChI is InChI=1S/C23H26N4O6S/c1-2-3-10-34(31,32)27-18(23(29)30)11-14-4-7-17(8-5-14)26-22(28)20-13-16-12-15(21(24)25)6-9-19(16)33-20/h4-9,12-13,18,27H,2-3,10-11H2,1H3,(H3,24,25)(H,26,28)(H,29,30)/t18-/m0/s1. The summed E-state index contributed by atoms with van der Waals surface area (Å²) in [4.78, 5) is 24.1. The fourth-order valence-corrected chi connectivity index (χ4v) is 4.67. The Morgan fingerprint density at radius 2 is 1.85 bits per heavy atom. The molecule has 180 valence electrons. The summed E-state index contributed by atoms with van der Waals surface area (Å²) in [6.45, 7) is 1.85. The number of carboxylic acids is 1. The number of carbonyl (C=O) groups excluding carboxylic acids is 1. The van der Waals surface area contributed by atoms with E-state index in [9.17, 15) is 23.1 Å². The number of aliphatic carboxylic acids is 1. The van der Waals surface area contributed by atoms with E-state index < -0.39 is 27.9 Å². The van der Waals surface area contributed by atoms with E-state index in [-0.39, 0.29) is 23.8 Å². The zero-order chi connectivity index (χ0) is 24.9. The molecule has 3 rings (SSSR count). The number of nitrogens with two attached hydrogens (primary N) is 1. The highest BCUT2D eigenvalue weighted by molar-refractivity contribution is 7.89. The Bertz CT molecular complexity index is 1310. The van der Waals surface area contributed by atoms with Crippen LogP contribution in [0.15, 0.2) is 52.9 Å². The average Bonchev–Trinajstić information content (AvgIpc) is 3.22. The second kappa shape index (κ2) is 10.5. The van der Waals surface area contributed by atoms with Crippen LogP contribution in [0.1, 0.15) is 41.4 Å². The van der Waals surface area contributed by atoms with Gasteiger partial charge in [-0.1, -0.05) is 25.5 Å². The van der Waals surface area contributed by atoms with Crippen molar-refractivity contribution in [3.05, 3.63) is 65.4 Å². The number of benzene rings is 2. The maximum atomic E-state index is 12.6. The minimum atomic E-state index is -3.70. The molecule has 0 spiro atoms. The van der Waals surface area contributed by atoms with Gasteiger partial charge in [0.15, 0.2) is 5.76 Å². The molecule has 1 amide bonds. The van der Waals surface area contributed by atoms with Crippen LogP contribution < -0.4 is 15.8 Å². The monoisotopic (exact) mass is 486 g/mol. The Morgan fingerprint density at radius 1 is 1.15 bits per heavy atom. The van der Waals surface area contributed by atoms with Crippen LogP contribution >= 0.6 is 0 Å². The molecule has 0 fully saturated rings. The van der Waals surface area contributed by atoms with Crippen LogP contribution in [-0.4, -0.2) is 43.0 Å². The van der Waals surface area contributed by atoms with Gasteiger partial charge in [-0.15, -0.1) is 0 Å². The topological polar surface area (TPSA) is 176 Å². The Morgan fingerprint density at radius 3 is 2.47 bits per heavy atom. The lowest BCUT2D eigenvalue weighted by atomic mass is 10.1. The molecule has 1 aromatic heterocycles. The summed E-state index contributed by atoms with van der Waals surface area (Å²) in [6, 6.07) is 11.6. The predicted octanol–water partition coefficient (Wildman–Crippen LogP) is 2.68. The minimum Gasteiger partial charge on any atom is -0.480 e. The number of nitrogen functional groups attached to an aromatic ring is 1. The van der Waals surface area contributed by atoms with Crippen LogP contribution in [0.25, 0.3) is 11.0 Å². The van der Waals surface area contributed by atoms with Crippen molar-refractivity contribution in [2.45, 2.75) is 32.2 Å². The summed E-state index contributed by atoms with van der Waals surface area (Å²) >= 11 is 0. The highest BCUT2D eigenvalue weighted by Crippen LogP contribution is 2.22. The zero-order valence-corrected chi connectivity index (χ0v) is 19.3. The number of hydrogen-bond acceptors (Lipinski definition) is 6. The molecule has 0 aliphatic carbocycles. The van der Waals surface area contributed by atoms with Gasteiger partial charge in [0.25, 0.3) is 5.91 Å². The number of furan rings is 1. The van der Waals surface area contributed by atoms with Crippen LogP contribution in [0.5, 0.6) is 0 Å². The zero-order valence-electron chi connectivity index (χ0n) is 18.5. The number of unbranched alkanes of at least 4 members (excludes halogenated alkanes) is 1. The van der Waals surface area contributed by atoms with Crippen molar-refractivity contribution in [3.63, 3.8) is 0 Å². The van der Waals surface area contributed by atoms with E-state index in [0.29, 0.717) is 40.6 Å². The molecule has 10 nitrogen and oxygen atoms in total. The molecule has 0 radical (unpaired) electrons. The van der Waals surface area contributed by atoms with Crippen molar-refractivity contribution >= 4 is 44.4 Å². The number of sulfonamides is 1. The summed E-state index contributed by atoms with van der Waals surface area (Å²) in [7, 11) is -3.70. The highest BCUT2D eigenvalue weighted by Gasteiger charge is 2.24. The van der Waals surface area contributed by atoms with Gasteiger partial charge in [0.05, 0.1) is 5.75 Å². The lowest BCUT2D eigenvalue weighted by Gasteiger charge is -2.15. The van der Waals surface area contributed by atoms with E-state index in [2.05, 4.69) is 10.0 Å². The smallest absolute Gasteiger partial charge is 0.322 e. The molecule has 0 saturated heterocycles. The van der Waals surface area contributed by atoms with Crippen molar-refractivity contribution in [2.75, 3.05) is 11.1 Å². The Labute approximate surface area is 196 Å². The molecule has 3 aromatic rings. The first-order valence-electron chi connectivity index (χ1n) is 10.6. The second-order valence-electron chi connectivity index (χ2n) is 7.81. The number of carbonyl (C=O) groups is 2. The van der Waals surface area contributed by atoms with Gasteiger partial charge in [-0.2, -0.15) is 0 Å². The third-order valence-electron chi connectivity index (χ3n) is 5.09. The first-order valence-corrected chi connectivity index (χ1v) is 12.2. The molecule has 34 heavy (non-hydrogen) atoms. The Hall–Kier alpha value is -3.70. The van der Waals surface area contributed by atoms with Crippen LogP contribution in [0.4, 0.5) is 5.69 Å². The molecule has 0 bridgehead atoms. The number of hydrogen-bond donors (Lipinski definition) is 5. The number of amidine groups is 1. The average molecular weight is 487 g/mol. The molecule has 1 heterocycles. The molecule has 6 N–H and O–H groups in total. The Balaban J connectivity index is 1.66. The van der Waals surface area contributed by atoms with Gasteiger partial charge in [-0.3, -0.25) is 15.0 Å². The summed E-state index contributed by atoms with van der Waals surface area (Å²) in [5.74, 6) is -1.90. The SMILES string of the molecule is CCCCS(=O)(=O)N[C@@H](Cc1ccc(NC(=O)c2cc3cc(C(=N)N)ccc3o2)cc1)C(=O)O. The molecule has 0 aliphatic heterocycles. The fourth-order valence-electron chi connectivity index (χ4n) is 3.26. The van der Waals surface area contributed by atoms with E-state index in [4.69, 9.17) is 15.6 Å². The molecular weight excluding hydrogens is 460 g/mol. The third kappa shape index (κ3) is 6.42. The molecule has 0 aliphatic rings. The summed E-state index contributed by atoms with van der Waals surface area (Å²) < 4.78 is 31.9. The maximum Gasteiger partial charge on any atom is 0.322 e. The van der Waals surface area contributed by atoms with Crippen molar-refractivity contribution in [2.24, 2.45) is 5.73 Å². The molecular formula is C23H26N4O6S. The molecule has 0 unspecified atom stereocenters. The normalized spacial score (nSPS) is 12.4. The van der Waals surface area contributed by atoms with E-state index >= 15 is 0 Å². The fraction of sp³-hybridized carbons (Fsp3) is 0.261. The third-order valence-corrected chi connectivity index (χ3v) is 6.56. The van der Waals surface area contributed by atoms with Crippen LogP contribution in [0.2, 0.25) is 0 Å². The van der Waals surface area contributed by atoms with E-state index in [1.54, 1.807) is 48.5 Å². The van der Waals surface area contributed by atoms with Crippen molar-refractivity contribution in [1.29, 1.82) is 5.41 Å². The molecule has 11 heteroatoms. The van der Waals surface area contributed by atoms with Gasteiger partial charge >= 0.3 is 5.97 Å². The number of nitrogens with one attached hydrogen (secondary N) is 3. The lowest BCUT2D eigenvalue weighted by Crippen LogP contribution is -2.43. The van der Waals surface area contributed by atoms with Gasteiger partial charge < -0.3 is 20.6 Å². The largest absolute Gasteiger partial charge is 0.480 e. The minimum absolute atomic E-state index is 0.0447. The Kier molecular flexibility index (Phi) is 7.69. The van der Waals surface area contributed by atoms with Gasteiger partial charge in [0.2, 0.25) is 10.0 Å². The van der Waals surface area contributed by atoms with E-state index in [1.807, 2.05) is 6.92 Å². The summed E-state index contributed by atoms with van der Waals surface area (Å²) in [5.41, 5.74) is 7.52. The first kappa shape index (κ1) is 24.9. The summed E-state index contributed by atoms with van der Waals surface area (Å²) in [5, 5.41) is 20.2. The van der Waals surface area contributed by atoms with Gasteiger partial charge in [-0.05, 0) is 54.8 Å². The van der Waals surface area contributed by atoms with Crippen molar-refractivity contribution in [1.82, 2.24) is 4.72 Å². The molecule has 2 aromatic carbocycles. The van der Waals surface area contributed by atoms with Gasteiger partial charge in [0, 0.05) is 16.6 Å². The number of carboxylic acid groups (broad SMARTS) is 1. The molecule has 0 saturated carbocycles. The lowest BCUT2D eigenvalue weighted by molar-refractivity contribution is -0.138. The number of rotatable bonds is 11. The van der Waals surface area contributed by atoms with Crippen molar-refractivity contribution < 1.29 is 27.5 Å². The predicted molar refractivity (Wildman–Crippen MR) is 129 cm³/mol. The van der Waals surface area contributed by atoms with Crippen LogP contribution in [0, 0.1) is 5.41 Å².